The lowest BCUT2D eigenvalue weighted by Gasteiger charge is -2.11. The molecule has 1 N–H and O–H groups in total. The molecule has 0 bridgehead atoms. The van der Waals surface area contributed by atoms with Gasteiger partial charge in [-0.15, -0.1) is 0 Å². The number of hydrogen-bond donors (Lipinski definition) is 1. The van der Waals surface area contributed by atoms with Gasteiger partial charge in [-0.05, 0) is 6.26 Å². The van der Waals surface area contributed by atoms with E-state index in [2.05, 4.69) is 10.3 Å². The molecule has 4 nitrogen and oxygen atoms in total. The van der Waals surface area contributed by atoms with Crippen LogP contribution < -0.4 is 5.32 Å². The average molecular weight is 184 g/mol. The second-order valence-electron chi connectivity index (χ2n) is 2.51. The molecule has 0 saturated carbocycles. The number of nitrogens with one attached hydrogen (secondary N) is 1. The fourth-order valence-electron chi connectivity index (χ4n) is 1.13. The van der Waals surface area contributed by atoms with Crippen molar-refractivity contribution in [2.24, 2.45) is 4.99 Å². The van der Waals surface area contributed by atoms with Crippen molar-refractivity contribution in [1.29, 1.82) is 0 Å². The van der Waals surface area contributed by atoms with Crippen molar-refractivity contribution in [3.05, 3.63) is 11.3 Å². The topological polar surface area (TPSA) is 50.7 Å². The summed E-state index contributed by atoms with van der Waals surface area (Å²) in [6.07, 6.45) is 1.91. The van der Waals surface area contributed by atoms with E-state index in [-0.39, 0.29) is 5.97 Å². The quantitative estimate of drug-likeness (QED) is 0.543. The predicted molar refractivity (Wildman–Crippen MR) is 46.9 cm³/mol. The van der Waals surface area contributed by atoms with Crippen LogP contribution in [0, 0.1) is 0 Å². The number of carbonyl (C=O) groups is 1. The molecule has 0 atom stereocenters. The SMILES string of the molecule is CSC1=NCC2=C(N1)C(=O)OC2. The molecule has 0 aromatic carbocycles. The number of carbonyl (C=O) groups excluding carboxylic acids is 1. The lowest BCUT2D eigenvalue weighted by molar-refractivity contribution is -0.136. The number of hydrogen-bond acceptors (Lipinski definition) is 5. The third-order valence-electron chi connectivity index (χ3n) is 1.77. The Balaban J connectivity index is 2.20. The van der Waals surface area contributed by atoms with Crippen molar-refractivity contribution in [3.63, 3.8) is 0 Å². The largest absolute Gasteiger partial charge is 0.456 e. The summed E-state index contributed by atoms with van der Waals surface area (Å²) in [7, 11) is 0. The zero-order valence-electron chi connectivity index (χ0n) is 6.59. The van der Waals surface area contributed by atoms with Crippen LogP contribution in [-0.4, -0.2) is 30.5 Å². The van der Waals surface area contributed by atoms with E-state index in [0.717, 1.165) is 10.7 Å². The first-order valence-corrected chi connectivity index (χ1v) is 4.78. The second kappa shape index (κ2) is 2.82. The molecule has 0 aromatic rings. The molecule has 0 fully saturated rings. The van der Waals surface area contributed by atoms with Crippen LogP contribution in [0.4, 0.5) is 0 Å². The molecule has 0 spiro atoms. The predicted octanol–water partition coefficient (Wildman–Crippen LogP) is 0.119. The molecule has 0 radical (unpaired) electrons. The number of ether oxygens (including phenoxy) is 1. The van der Waals surface area contributed by atoms with Crippen LogP contribution in [0.25, 0.3) is 0 Å². The lowest BCUT2D eigenvalue weighted by atomic mass is 10.2. The number of thioether (sulfide) groups is 1. The molecular weight excluding hydrogens is 176 g/mol. The molecule has 0 aromatic heterocycles. The Kier molecular flexibility index (Phi) is 1.80. The van der Waals surface area contributed by atoms with Crippen molar-refractivity contribution in [2.45, 2.75) is 0 Å². The van der Waals surface area contributed by atoms with Crippen molar-refractivity contribution in [3.8, 4) is 0 Å². The van der Waals surface area contributed by atoms with Gasteiger partial charge in [0.25, 0.3) is 0 Å². The van der Waals surface area contributed by atoms with Crippen molar-refractivity contribution >= 4 is 22.9 Å². The van der Waals surface area contributed by atoms with Crippen LogP contribution in [0.1, 0.15) is 0 Å². The van der Waals surface area contributed by atoms with Gasteiger partial charge < -0.3 is 10.1 Å². The highest BCUT2D eigenvalue weighted by molar-refractivity contribution is 8.13. The van der Waals surface area contributed by atoms with E-state index in [9.17, 15) is 4.79 Å². The Morgan fingerprint density at radius 2 is 2.50 bits per heavy atom. The molecular formula is C7H8N2O2S. The molecule has 2 rings (SSSR count). The number of esters is 1. The van der Waals surface area contributed by atoms with Crippen molar-refractivity contribution < 1.29 is 9.53 Å². The lowest BCUT2D eigenvalue weighted by Crippen LogP contribution is -2.27. The van der Waals surface area contributed by atoms with Gasteiger partial charge in [0.05, 0.1) is 6.54 Å². The zero-order valence-corrected chi connectivity index (χ0v) is 7.40. The Bertz CT molecular complexity index is 296. The summed E-state index contributed by atoms with van der Waals surface area (Å²) in [4.78, 5) is 15.3. The molecule has 2 aliphatic heterocycles. The summed E-state index contributed by atoms with van der Waals surface area (Å²) >= 11 is 1.49. The van der Waals surface area contributed by atoms with E-state index in [1.54, 1.807) is 0 Å². The van der Waals surface area contributed by atoms with Gasteiger partial charge in [0.1, 0.15) is 12.3 Å². The van der Waals surface area contributed by atoms with Crippen LogP contribution in [0.3, 0.4) is 0 Å². The Labute approximate surface area is 74.1 Å². The summed E-state index contributed by atoms with van der Waals surface area (Å²) in [6, 6.07) is 0. The number of aliphatic imine (C=N–C) groups is 1. The van der Waals surface area contributed by atoms with Gasteiger partial charge in [0.2, 0.25) is 0 Å². The maximum absolute atomic E-state index is 11.1. The van der Waals surface area contributed by atoms with Gasteiger partial charge in [-0.2, -0.15) is 0 Å². The number of cyclic esters (lactones) is 1. The molecule has 5 heteroatoms. The van der Waals surface area contributed by atoms with Gasteiger partial charge in [-0.25, -0.2) is 4.79 Å². The highest BCUT2D eigenvalue weighted by Crippen LogP contribution is 2.18. The third-order valence-corrected chi connectivity index (χ3v) is 2.39. The van der Waals surface area contributed by atoms with Gasteiger partial charge in [-0.1, -0.05) is 11.8 Å². The van der Waals surface area contributed by atoms with Crippen LogP contribution in [0.15, 0.2) is 16.3 Å². The van der Waals surface area contributed by atoms with Crippen molar-refractivity contribution in [1.82, 2.24) is 5.32 Å². The molecule has 0 aliphatic carbocycles. The molecule has 0 amide bonds. The van der Waals surface area contributed by atoms with Gasteiger partial charge in [0, 0.05) is 5.57 Å². The molecule has 0 unspecified atom stereocenters. The van der Waals surface area contributed by atoms with Crippen LogP contribution in [0.5, 0.6) is 0 Å². The van der Waals surface area contributed by atoms with Gasteiger partial charge >= 0.3 is 5.97 Å². The number of rotatable bonds is 0. The van der Waals surface area contributed by atoms with Crippen LogP contribution >= 0.6 is 11.8 Å². The van der Waals surface area contributed by atoms with E-state index >= 15 is 0 Å². The fraction of sp³-hybridized carbons (Fsp3) is 0.429. The van der Waals surface area contributed by atoms with E-state index in [1.807, 2.05) is 6.26 Å². The first-order valence-electron chi connectivity index (χ1n) is 3.56. The number of amidine groups is 1. The summed E-state index contributed by atoms with van der Waals surface area (Å²) in [6.45, 7) is 0.983. The average Bonchev–Trinajstić information content (AvgIpc) is 2.47. The molecule has 64 valence electrons. The molecule has 0 saturated heterocycles. The minimum Gasteiger partial charge on any atom is -0.456 e. The molecule has 2 heterocycles. The maximum Gasteiger partial charge on any atom is 0.355 e. The molecule has 12 heavy (non-hydrogen) atoms. The first kappa shape index (κ1) is 7.67. The zero-order chi connectivity index (χ0) is 8.55. The maximum atomic E-state index is 11.1. The summed E-state index contributed by atoms with van der Waals surface area (Å²) in [5.74, 6) is -0.258. The van der Waals surface area contributed by atoms with Crippen molar-refractivity contribution in [2.75, 3.05) is 19.4 Å². The molecule has 2 aliphatic rings. The van der Waals surface area contributed by atoms with Crippen LogP contribution in [0.2, 0.25) is 0 Å². The first-order chi connectivity index (χ1) is 5.81. The van der Waals surface area contributed by atoms with Gasteiger partial charge in [-0.3, -0.25) is 4.99 Å². The Hall–Kier alpha value is -0.970. The minimum absolute atomic E-state index is 0.258. The van der Waals surface area contributed by atoms with E-state index < -0.39 is 0 Å². The Morgan fingerprint density at radius 1 is 1.67 bits per heavy atom. The number of nitrogens with zero attached hydrogens (tertiary/aromatic N) is 1. The van der Waals surface area contributed by atoms with E-state index in [1.165, 1.54) is 11.8 Å². The highest BCUT2D eigenvalue weighted by atomic mass is 32.2. The smallest absolute Gasteiger partial charge is 0.355 e. The van der Waals surface area contributed by atoms with Gasteiger partial charge in [0.15, 0.2) is 5.17 Å². The van der Waals surface area contributed by atoms with E-state index in [0.29, 0.717) is 18.8 Å². The standard InChI is InChI=1S/C7H8N2O2S/c1-12-7-8-2-4-3-11-6(10)5(4)9-7/h2-3H2,1H3,(H,8,9). The highest BCUT2D eigenvalue weighted by Gasteiger charge is 2.27. The van der Waals surface area contributed by atoms with Crippen LogP contribution in [-0.2, 0) is 9.53 Å². The van der Waals surface area contributed by atoms with E-state index in [4.69, 9.17) is 4.74 Å². The summed E-state index contributed by atoms with van der Waals surface area (Å²) < 4.78 is 4.83. The third kappa shape index (κ3) is 1.10. The second-order valence-corrected chi connectivity index (χ2v) is 3.30. The normalized spacial score (nSPS) is 21.4. The minimum atomic E-state index is -0.258. The monoisotopic (exact) mass is 184 g/mol. The summed E-state index contributed by atoms with van der Waals surface area (Å²) in [5.41, 5.74) is 1.55. The fourth-order valence-corrected chi connectivity index (χ4v) is 1.53. The Morgan fingerprint density at radius 3 is 3.25 bits per heavy atom. The summed E-state index contributed by atoms with van der Waals surface area (Å²) in [5, 5.41) is 3.72.